The number of halogens is 1. The summed E-state index contributed by atoms with van der Waals surface area (Å²) in [5.74, 6) is 0.562. The lowest BCUT2D eigenvalue weighted by Gasteiger charge is -2.16. The SMILES string of the molecule is COc1ccc(CNC(=O)COc2ccccc2F)c(OC)c1OC. The highest BCUT2D eigenvalue weighted by molar-refractivity contribution is 5.77. The second-order valence-corrected chi connectivity index (χ2v) is 4.99. The van der Waals surface area contributed by atoms with Gasteiger partial charge < -0.3 is 24.3 Å². The normalized spacial score (nSPS) is 10.1. The third-order valence-electron chi connectivity index (χ3n) is 3.46. The van der Waals surface area contributed by atoms with Crippen LogP contribution in [0.4, 0.5) is 4.39 Å². The van der Waals surface area contributed by atoms with E-state index in [0.717, 1.165) is 0 Å². The fourth-order valence-corrected chi connectivity index (χ4v) is 2.25. The summed E-state index contributed by atoms with van der Waals surface area (Å²) in [5.41, 5.74) is 0.708. The van der Waals surface area contributed by atoms with Gasteiger partial charge in [-0.1, -0.05) is 12.1 Å². The van der Waals surface area contributed by atoms with E-state index in [1.807, 2.05) is 0 Å². The van der Waals surface area contributed by atoms with Crippen LogP contribution in [-0.2, 0) is 11.3 Å². The number of carbonyl (C=O) groups is 1. The van der Waals surface area contributed by atoms with Gasteiger partial charge in [-0.3, -0.25) is 4.79 Å². The Kier molecular flexibility index (Phi) is 6.45. The third kappa shape index (κ3) is 4.53. The topological polar surface area (TPSA) is 66.0 Å². The van der Waals surface area contributed by atoms with E-state index in [1.54, 1.807) is 24.3 Å². The van der Waals surface area contributed by atoms with Crippen molar-refractivity contribution in [1.29, 1.82) is 0 Å². The summed E-state index contributed by atoms with van der Waals surface area (Å²) in [6.45, 7) is -0.0977. The molecule has 0 atom stereocenters. The van der Waals surface area contributed by atoms with Gasteiger partial charge in [-0.2, -0.15) is 0 Å². The van der Waals surface area contributed by atoms with Crippen molar-refractivity contribution in [2.75, 3.05) is 27.9 Å². The van der Waals surface area contributed by atoms with Gasteiger partial charge in [0.2, 0.25) is 5.75 Å². The molecule has 25 heavy (non-hydrogen) atoms. The maximum absolute atomic E-state index is 13.4. The van der Waals surface area contributed by atoms with Gasteiger partial charge >= 0.3 is 0 Å². The quantitative estimate of drug-likeness (QED) is 0.793. The van der Waals surface area contributed by atoms with E-state index >= 15 is 0 Å². The van der Waals surface area contributed by atoms with E-state index in [4.69, 9.17) is 18.9 Å². The van der Waals surface area contributed by atoms with Crippen LogP contribution in [0.25, 0.3) is 0 Å². The Balaban J connectivity index is 1.98. The minimum atomic E-state index is -0.517. The number of carbonyl (C=O) groups excluding carboxylic acids is 1. The zero-order valence-corrected chi connectivity index (χ0v) is 14.3. The molecule has 0 saturated carbocycles. The zero-order chi connectivity index (χ0) is 18.2. The Morgan fingerprint density at radius 3 is 2.32 bits per heavy atom. The molecule has 1 N–H and O–H groups in total. The molecule has 0 heterocycles. The van der Waals surface area contributed by atoms with Crippen molar-refractivity contribution in [3.8, 4) is 23.0 Å². The van der Waals surface area contributed by atoms with E-state index in [2.05, 4.69) is 5.32 Å². The number of methoxy groups -OCH3 is 3. The highest BCUT2D eigenvalue weighted by Gasteiger charge is 2.16. The molecule has 0 saturated heterocycles. The molecule has 0 fully saturated rings. The summed E-state index contributed by atoms with van der Waals surface area (Å²) in [5, 5.41) is 2.69. The fraction of sp³-hybridized carbons (Fsp3) is 0.278. The second-order valence-electron chi connectivity index (χ2n) is 4.99. The predicted molar refractivity (Wildman–Crippen MR) is 89.8 cm³/mol. The number of ether oxygens (including phenoxy) is 4. The maximum atomic E-state index is 13.4. The first-order chi connectivity index (χ1) is 12.1. The van der Waals surface area contributed by atoms with E-state index in [0.29, 0.717) is 22.8 Å². The van der Waals surface area contributed by atoms with Gasteiger partial charge in [0.15, 0.2) is 29.7 Å². The van der Waals surface area contributed by atoms with Crippen LogP contribution in [0.5, 0.6) is 23.0 Å². The van der Waals surface area contributed by atoms with Crippen LogP contribution in [0.2, 0.25) is 0 Å². The molecule has 0 radical (unpaired) electrons. The lowest BCUT2D eigenvalue weighted by atomic mass is 10.1. The van der Waals surface area contributed by atoms with Crippen LogP contribution < -0.4 is 24.3 Å². The number of para-hydroxylation sites is 1. The van der Waals surface area contributed by atoms with Gasteiger partial charge in [-0.25, -0.2) is 4.39 Å². The van der Waals surface area contributed by atoms with Crippen molar-refractivity contribution in [2.45, 2.75) is 6.54 Å². The first-order valence-electron chi connectivity index (χ1n) is 7.52. The third-order valence-corrected chi connectivity index (χ3v) is 3.46. The molecule has 2 rings (SSSR count). The molecule has 0 aliphatic rings. The number of hydrogen-bond donors (Lipinski definition) is 1. The highest BCUT2D eigenvalue weighted by Crippen LogP contribution is 2.39. The number of hydrogen-bond acceptors (Lipinski definition) is 5. The Morgan fingerprint density at radius 2 is 1.68 bits per heavy atom. The van der Waals surface area contributed by atoms with E-state index < -0.39 is 5.82 Å². The Morgan fingerprint density at radius 1 is 0.960 bits per heavy atom. The highest BCUT2D eigenvalue weighted by atomic mass is 19.1. The predicted octanol–water partition coefficient (Wildman–Crippen LogP) is 2.55. The van der Waals surface area contributed by atoms with Crippen LogP contribution in [0.15, 0.2) is 36.4 Å². The first kappa shape index (κ1) is 18.4. The van der Waals surface area contributed by atoms with E-state index in [1.165, 1.54) is 33.5 Å². The van der Waals surface area contributed by atoms with Gasteiger partial charge in [0, 0.05) is 12.1 Å². The number of amides is 1. The summed E-state index contributed by atoms with van der Waals surface area (Å²) in [4.78, 5) is 11.9. The van der Waals surface area contributed by atoms with Crippen LogP contribution in [-0.4, -0.2) is 33.8 Å². The van der Waals surface area contributed by atoms with Crippen molar-refractivity contribution in [2.24, 2.45) is 0 Å². The molecule has 134 valence electrons. The van der Waals surface area contributed by atoms with Gasteiger partial charge in [0.05, 0.1) is 21.3 Å². The van der Waals surface area contributed by atoms with Crippen molar-refractivity contribution in [3.63, 3.8) is 0 Å². The number of benzene rings is 2. The molecule has 0 aromatic heterocycles. The minimum Gasteiger partial charge on any atom is -0.493 e. The van der Waals surface area contributed by atoms with Crippen molar-refractivity contribution >= 4 is 5.91 Å². The van der Waals surface area contributed by atoms with Crippen LogP contribution in [0, 0.1) is 5.82 Å². The minimum absolute atomic E-state index is 0.0290. The van der Waals surface area contributed by atoms with Gasteiger partial charge in [0.1, 0.15) is 0 Å². The summed E-state index contributed by atoms with van der Waals surface area (Å²) >= 11 is 0. The van der Waals surface area contributed by atoms with E-state index in [9.17, 15) is 9.18 Å². The summed E-state index contributed by atoms with van der Waals surface area (Å²) < 4.78 is 34.5. The second kappa shape index (κ2) is 8.77. The molecule has 0 bridgehead atoms. The molecule has 0 unspecified atom stereocenters. The van der Waals surface area contributed by atoms with Crippen molar-refractivity contribution < 1.29 is 28.1 Å². The smallest absolute Gasteiger partial charge is 0.258 e. The van der Waals surface area contributed by atoms with Crippen LogP contribution >= 0.6 is 0 Å². The largest absolute Gasteiger partial charge is 0.493 e. The Bertz CT molecular complexity index is 735. The molecule has 6 nitrogen and oxygen atoms in total. The molecule has 2 aromatic carbocycles. The average Bonchev–Trinajstić information content (AvgIpc) is 2.64. The van der Waals surface area contributed by atoms with Gasteiger partial charge in [-0.05, 0) is 24.3 Å². The summed E-state index contributed by atoms with van der Waals surface area (Å²) in [6, 6.07) is 9.38. The number of nitrogens with one attached hydrogen (secondary N) is 1. The van der Waals surface area contributed by atoms with Crippen LogP contribution in [0.3, 0.4) is 0 Å². The summed E-state index contributed by atoms with van der Waals surface area (Å²) in [7, 11) is 4.54. The molecule has 1 amide bonds. The molecular weight excluding hydrogens is 329 g/mol. The first-order valence-corrected chi connectivity index (χ1v) is 7.52. The average molecular weight is 349 g/mol. The van der Waals surface area contributed by atoms with Gasteiger partial charge in [0.25, 0.3) is 5.91 Å². The monoisotopic (exact) mass is 349 g/mol. The Labute approximate surface area is 145 Å². The van der Waals surface area contributed by atoms with Gasteiger partial charge in [-0.15, -0.1) is 0 Å². The molecular formula is C18H20FNO5. The van der Waals surface area contributed by atoms with E-state index in [-0.39, 0.29) is 24.8 Å². The molecule has 0 spiro atoms. The standard InChI is InChI=1S/C18H20FNO5/c1-22-15-9-8-12(17(23-2)18(15)24-3)10-20-16(21)11-25-14-7-5-4-6-13(14)19/h4-9H,10-11H2,1-3H3,(H,20,21). The maximum Gasteiger partial charge on any atom is 0.258 e. The molecule has 0 aliphatic heterocycles. The van der Waals surface area contributed by atoms with Crippen molar-refractivity contribution in [1.82, 2.24) is 5.32 Å². The lowest BCUT2D eigenvalue weighted by molar-refractivity contribution is -0.123. The Hall–Kier alpha value is -2.96. The summed E-state index contributed by atoms with van der Waals surface area (Å²) in [6.07, 6.45) is 0. The number of rotatable bonds is 8. The molecule has 7 heteroatoms. The molecule has 0 aliphatic carbocycles. The van der Waals surface area contributed by atoms with Crippen molar-refractivity contribution in [3.05, 3.63) is 47.8 Å². The fourth-order valence-electron chi connectivity index (χ4n) is 2.25. The molecule has 2 aromatic rings. The van der Waals surface area contributed by atoms with Crippen LogP contribution in [0.1, 0.15) is 5.56 Å². The lowest BCUT2D eigenvalue weighted by Crippen LogP contribution is -2.28. The zero-order valence-electron chi connectivity index (χ0n) is 14.3.